The van der Waals surface area contributed by atoms with Crippen molar-refractivity contribution in [3.8, 4) is 5.75 Å². The summed E-state index contributed by atoms with van der Waals surface area (Å²) in [6, 6.07) is 4.65. The zero-order valence-corrected chi connectivity index (χ0v) is 12.2. The smallest absolute Gasteiger partial charge is 0.165 e. The lowest BCUT2D eigenvalue weighted by Crippen LogP contribution is -2.34. The van der Waals surface area contributed by atoms with Gasteiger partial charge in [0.25, 0.3) is 0 Å². The van der Waals surface area contributed by atoms with Gasteiger partial charge in [-0.15, -0.1) is 0 Å². The second-order valence-corrected chi connectivity index (χ2v) is 5.88. The van der Waals surface area contributed by atoms with Gasteiger partial charge in [-0.25, -0.2) is 4.39 Å². The first-order valence-corrected chi connectivity index (χ1v) is 7.28. The number of rotatable bonds is 5. The van der Waals surface area contributed by atoms with Gasteiger partial charge >= 0.3 is 0 Å². The van der Waals surface area contributed by atoms with E-state index >= 15 is 0 Å². The van der Waals surface area contributed by atoms with Gasteiger partial charge in [0.05, 0.1) is 13.2 Å². The van der Waals surface area contributed by atoms with Crippen molar-refractivity contribution >= 4 is 0 Å². The van der Waals surface area contributed by atoms with Crippen LogP contribution in [-0.2, 0) is 0 Å². The summed E-state index contributed by atoms with van der Waals surface area (Å²) in [6.45, 7) is 2.59. The molecule has 2 rings (SSSR count). The normalized spacial score (nSPS) is 27.6. The van der Waals surface area contributed by atoms with Crippen LogP contribution in [0.3, 0.4) is 0 Å². The zero-order valence-electron chi connectivity index (χ0n) is 12.2. The van der Waals surface area contributed by atoms with E-state index in [9.17, 15) is 9.50 Å². The number of nitrogens with two attached hydrogens (primary N) is 1. The number of aliphatic hydroxyl groups excluding tert-OH is 1. The Morgan fingerprint density at radius 3 is 2.80 bits per heavy atom. The molecule has 1 aromatic rings. The zero-order chi connectivity index (χ0) is 14.8. The van der Waals surface area contributed by atoms with E-state index in [4.69, 9.17) is 10.5 Å². The topological polar surface area (TPSA) is 55.5 Å². The highest BCUT2D eigenvalue weighted by Crippen LogP contribution is 2.50. The molecule has 4 heteroatoms. The van der Waals surface area contributed by atoms with E-state index in [-0.39, 0.29) is 11.2 Å². The Kier molecular flexibility index (Phi) is 4.66. The lowest BCUT2D eigenvalue weighted by atomic mass is 9.76. The van der Waals surface area contributed by atoms with Gasteiger partial charge in [-0.1, -0.05) is 19.4 Å². The molecule has 0 bridgehead atoms. The van der Waals surface area contributed by atoms with Crippen molar-refractivity contribution in [3.05, 3.63) is 29.6 Å². The fourth-order valence-electron chi connectivity index (χ4n) is 3.37. The Hall–Kier alpha value is -1.13. The molecule has 1 fully saturated rings. The number of ether oxygens (including phenoxy) is 1. The summed E-state index contributed by atoms with van der Waals surface area (Å²) >= 11 is 0. The van der Waals surface area contributed by atoms with Gasteiger partial charge < -0.3 is 15.6 Å². The van der Waals surface area contributed by atoms with E-state index in [0.29, 0.717) is 18.0 Å². The Balaban J connectivity index is 2.25. The molecule has 1 aliphatic carbocycles. The van der Waals surface area contributed by atoms with Gasteiger partial charge in [0, 0.05) is 12.0 Å². The van der Waals surface area contributed by atoms with Gasteiger partial charge in [-0.05, 0) is 42.9 Å². The maximum Gasteiger partial charge on any atom is 0.165 e. The highest BCUT2D eigenvalue weighted by molar-refractivity contribution is 5.31. The van der Waals surface area contributed by atoms with Crippen LogP contribution in [0.15, 0.2) is 18.2 Å². The second-order valence-electron chi connectivity index (χ2n) is 5.88. The van der Waals surface area contributed by atoms with Crippen molar-refractivity contribution in [1.29, 1.82) is 0 Å². The molecule has 1 aliphatic rings. The first-order chi connectivity index (χ1) is 9.56. The maximum atomic E-state index is 13.8. The lowest BCUT2D eigenvalue weighted by Gasteiger charge is -2.34. The minimum Gasteiger partial charge on any atom is -0.494 e. The number of hydrogen-bond acceptors (Lipinski definition) is 3. The highest BCUT2D eigenvalue weighted by atomic mass is 19.1. The first-order valence-electron chi connectivity index (χ1n) is 7.28. The molecule has 0 amide bonds. The summed E-state index contributed by atoms with van der Waals surface area (Å²) in [5.41, 5.74) is 6.21. The first kappa shape index (κ1) is 15.3. The van der Waals surface area contributed by atoms with Crippen LogP contribution in [-0.4, -0.2) is 18.8 Å². The molecular weight excluding hydrogens is 257 g/mol. The third-order valence-electron chi connectivity index (χ3n) is 4.80. The predicted octanol–water partition coefficient (Wildman–Crippen LogP) is 3.02. The third-order valence-corrected chi connectivity index (χ3v) is 4.80. The van der Waals surface area contributed by atoms with E-state index in [0.717, 1.165) is 25.7 Å². The fourth-order valence-corrected chi connectivity index (χ4v) is 3.37. The predicted molar refractivity (Wildman–Crippen MR) is 77.0 cm³/mol. The SMILES string of the molecule is CCC1CCC(CN)(C(O)c2ccc(OC)c(F)c2)C1. The van der Waals surface area contributed by atoms with Crippen LogP contribution in [0.25, 0.3) is 0 Å². The molecule has 0 radical (unpaired) electrons. The quantitative estimate of drug-likeness (QED) is 0.872. The molecule has 1 aromatic carbocycles. The minimum atomic E-state index is -0.718. The van der Waals surface area contributed by atoms with Crippen LogP contribution in [0.1, 0.15) is 44.3 Å². The van der Waals surface area contributed by atoms with Gasteiger partial charge in [0.1, 0.15) is 0 Å². The lowest BCUT2D eigenvalue weighted by molar-refractivity contribution is 0.0299. The minimum absolute atomic E-state index is 0.195. The van der Waals surface area contributed by atoms with Crippen molar-refractivity contribution in [3.63, 3.8) is 0 Å². The van der Waals surface area contributed by atoms with Crippen molar-refractivity contribution in [2.75, 3.05) is 13.7 Å². The summed E-state index contributed by atoms with van der Waals surface area (Å²) in [5, 5.41) is 10.7. The second kappa shape index (κ2) is 6.10. The number of benzene rings is 1. The molecule has 0 aliphatic heterocycles. The molecule has 0 saturated heterocycles. The molecule has 3 atom stereocenters. The largest absolute Gasteiger partial charge is 0.494 e. The molecule has 20 heavy (non-hydrogen) atoms. The van der Waals surface area contributed by atoms with Gasteiger partial charge in [0.15, 0.2) is 11.6 Å². The van der Waals surface area contributed by atoms with Gasteiger partial charge in [-0.2, -0.15) is 0 Å². The van der Waals surface area contributed by atoms with Crippen LogP contribution in [0.5, 0.6) is 5.75 Å². The van der Waals surface area contributed by atoms with Crippen LogP contribution < -0.4 is 10.5 Å². The van der Waals surface area contributed by atoms with E-state index in [2.05, 4.69) is 6.92 Å². The summed E-state index contributed by atoms with van der Waals surface area (Å²) < 4.78 is 18.7. The van der Waals surface area contributed by atoms with Crippen molar-refractivity contribution < 1.29 is 14.2 Å². The highest BCUT2D eigenvalue weighted by Gasteiger charge is 2.43. The van der Waals surface area contributed by atoms with Crippen molar-refractivity contribution in [1.82, 2.24) is 0 Å². The molecule has 3 unspecified atom stereocenters. The maximum absolute atomic E-state index is 13.8. The number of aliphatic hydroxyl groups is 1. The van der Waals surface area contributed by atoms with Crippen LogP contribution in [0, 0.1) is 17.2 Å². The summed E-state index contributed by atoms with van der Waals surface area (Å²) in [5.74, 6) is 0.359. The number of hydrogen-bond donors (Lipinski definition) is 2. The Bertz CT molecular complexity index is 466. The molecule has 0 aromatic heterocycles. The third kappa shape index (κ3) is 2.67. The fraction of sp³-hybridized carbons (Fsp3) is 0.625. The van der Waals surface area contributed by atoms with E-state index in [1.165, 1.54) is 13.2 Å². The standard InChI is InChI=1S/C16H24FNO2/c1-3-11-6-7-16(9-11,10-18)15(19)12-4-5-14(20-2)13(17)8-12/h4-5,8,11,15,19H,3,6-7,9-10,18H2,1-2H3. The summed E-state index contributed by atoms with van der Waals surface area (Å²) in [4.78, 5) is 0. The molecule has 112 valence electrons. The average molecular weight is 281 g/mol. The van der Waals surface area contributed by atoms with Gasteiger partial charge in [-0.3, -0.25) is 0 Å². The Labute approximate surface area is 119 Å². The van der Waals surface area contributed by atoms with E-state index in [1.807, 2.05) is 0 Å². The van der Waals surface area contributed by atoms with Crippen LogP contribution in [0.4, 0.5) is 4.39 Å². The molecule has 0 heterocycles. The average Bonchev–Trinajstić information content (AvgIpc) is 2.91. The van der Waals surface area contributed by atoms with E-state index in [1.54, 1.807) is 12.1 Å². The monoisotopic (exact) mass is 281 g/mol. The van der Waals surface area contributed by atoms with Crippen molar-refractivity contribution in [2.24, 2.45) is 17.1 Å². The molecule has 0 spiro atoms. The Morgan fingerprint density at radius 1 is 1.55 bits per heavy atom. The summed E-state index contributed by atoms with van der Waals surface area (Å²) in [6.07, 6.45) is 3.28. The number of methoxy groups -OCH3 is 1. The number of halogens is 1. The molecule has 1 saturated carbocycles. The van der Waals surface area contributed by atoms with E-state index < -0.39 is 11.9 Å². The Morgan fingerprint density at radius 2 is 2.30 bits per heavy atom. The molecule has 3 N–H and O–H groups in total. The van der Waals surface area contributed by atoms with Gasteiger partial charge in [0.2, 0.25) is 0 Å². The van der Waals surface area contributed by atoms with Crippen molar-refractivity contribution in [2.45, 2.75) is 38.7 Å². The molecular formula is C16H24FNO2. The van der Waals surface area contributed by atoms with Crippen LogP contribution >= 0.6 is 0 Å². The molecule has 3 nitrogen and oxygen atoms in total. The van der Waals surface area contributed by atoms with Crippen LogP contribution in [0.2, 0.25) is 0 Å². The summed E-state index contributed by atoms with van der Waals surface area (Å²) in [7, 11) is 1.43.